The summed E-state index contributed by atoms with van der Waals surface area (Å²) in [5.74, 6) is -0.203. The molecular weight excluding hydrogens is 192 g/mol. The number of carbonyl (C=O) groups is 1. The Labute approximate surface area is 90.8 Å². The molecule has 0 aromatic heterocycles. The number of nitriles is 1. The van der Waals surface area contributed by atoms with Crippen molar-refractivity contribution in [3.05, 3.63) is 0 Å². The molecule has 1 saturated heterocycles. The number of hydrogen-bond acceptors (Lipinski definition) is 4. The summed E-state index contributed by atoms with van der Waals surface area (Å²) in [5.41, 5.74) is 0. The fraction of sp³-hybridized carbons (Fsp3) is 0.818. The summed E-state index contributed by atoms with van der Waals surface area (Å²) in [6.45, 7) is 3.66. The van der Waals surface area contributed by atoms with Gasteiger partial charge in [0.2, 0.25) is 0 Å². The number of hydrogen-bond donors (Lipinski definition) is 0. The van der Waals surface area contributed by atoms with Crippen molar-refractivity contribution in [1.29, 1.82) is 5.26 Å². The minimum Gasteiger partial charge on any atom is -0.465 e. The summed E-state index contributed by atoms with van der Waals surface area (Å²) in [7, 11) is 0. The van der Waals surface area contributed by atoms with Gasteiger partial charge in [-0.15, -0.1) is 0 Å². The van der Waals surface area contributed by atoms with E-state index in [9.17, 15) is 4.79 Å². The third-order valence-electron chi connectivity index (χ3n) is 2.61. The van der Waals surface area contributed by atoms with Gasteiger partial charge in [-0.1, -0.05) is 13.3 Å². The largest absolute Gasteiger partial charge is 0.465 e. The van der Waals surface area contributed by atoms with Gasteiger partial charge < -0.3 is 4.74 Å². The van der Waals surface area contributed by atoms with Gasteiger partial charge in [-0.3, -0.25) is 9.69 Å². The molecule has 4 nitrogen and oxygen atoms in total. The van der Waals surface area contributed by atoms with Gasteiger partial charge in [0.1, 0.15) is 0 Å². The highest BCUT2D eigenvalue weighted by atomic mass is 16.5. The smallest absolute Gasteiger partial charge is 0.320 e. The Morgan fingerprint density at radius 1 is 1.67 bits per heavy atom. The molecule has 0 saturated carbocycles. The van der Waals surface area contributed by atoms with Crippen molar-refractivity contribution in [1.82, 2.24) is 4.90 Å². The molecule has 1 heterocycles. The van der Waals surface area contributed by atoms with Gasteiger partial charge in [-0.2, -0.15) is 5.26 Å². The molecule has 0 N–H and O–H groups in total. The van der Waals surface area contributed by atoms with E-state index in [0.29, 0.717) is 6.61 Å². The maximum absolute atomic E-state index is 11.4. The average Bonchev–Trinajstić information content (AvgIpc) is 2.65. The summed E-state index contributed by atoms with van der Waals surface area (Å²) in [6.07, 6.45) is 3.81. The molecule has 4 heteroatoms. The zero-order valence-corrected chi connectivity index (χ0v) is 9.24. The Hall–Kier alpha value is -1.08. The lowest BCUT2D eigenvalue weighted by molar-refractivity contribution is -0.145. The van der Waals surface area contributed by atoms with Crippen molar-refractivity contribution in [2.24, 2.45) is 0 Å². The molecule has 1 unspecified atom stereocenters. The van der Waals surface area contributed by atoms with Crippen LogP contribution in [0.1, 0.15) is 32.6 Å². The Morgan fingerprint density at radius 3 is 3.13 bits per heavy atom. The molecule has 0 amide bonds. The van der Waals surface area contributed by atoms with Crippen LogP contribution in [0.5, 0.6) is 0 Å². The molecule has 1 rings (SSSR count). The Morgan fingerprint density at radius 2 is 2.47 bits per heavy atom. The molecule has 0 aromatic rings. The second-order valence-electron chi connectivity index (χ2n) is 3.83. The minimum atomic E-state index is -0.203. The molecular formula is C11H18N2O2. The number of ether oxygens (including phenoxy) is 1. The first-order valence-corrected chi connectivity index (χ1v) is 5.57. The number of esters is 1. The van der Waals surface area contributed by atoms with Crippen molar-refractivity contribution in [2.45, 2.75) is 38.6 Å². The predicted molar refractivity (Wildman–Crippen MR) is 56.1 cm³/mol. The van der Waals surface area contributed by atoms with Gasteiger partial charge in [0.05, 0.1) is 25.3 Å². The van der Waals surface area contributed by atoms with E-state index in [1.165, 1.54) is 0 Å². The summed E-state index contributed by atoms with van der Waals surface area (Å²) in [6, 6.07) is 2.11. The van der Waals surface area contributed by atoms with E-state index in [1.54, 1.807) is 0 Å². The van der Waals surface area contributed by atoms with Crippen LogP contribution in [0, 0.1) is 11.3 Å². The molecule has 1 atom stereocenters. The first-order chi connectivity index (χ1) is 7.27. The third kappa shape index (κ3) is 3.88. The summed E-state index contributed by atoms with van der Waals surface area (Å²) in [4.78, 5) is 13.3. The van der Waals surface area contributed by atoms with Crippen LogP contribution < -0.4 is 0 Å². The molecule has 15 heavy (non-hydrogen) atoms. The van der Waals surface area contributed by atoms with Gasteiger partial charge in [-0.25, -0.2) is 0 Å². The number of rotatable bonds is 5. The monoisotopic (exact) mass is 210 g/mol. The second kappa shape index (κ2) is 6.41. The lowest BCUT2D eigenvalue weighted by Gasteiger charge is -2.17. The van der Waals surface area contributed by atoms with Crippen molar-refractivity contribution >= 4 is 5.97 Å². The van der Waals surface area contributed by atoms with Crippen LogP contribution in [-0.4, -0.2) is 36.6 Å². The van der Waals surface area contributed by atoms with E-state index in [2.05, 4.69) is 13.0 Å². The van der Waals surface area contributed by atoms with Crippen molar-refractivity contribution in [2.75, 3.05) is 19.7 Å². The van der Waals surface area contributed by atoms with Crippen LogP contribution in [0.2, 0.25) is 0 Å². The zero-order valence-electron chi connectivity index (χ0n) is 9.24. The van der Waals surface area contributed by atoms with E-state index >= 15 is 0 Å². The minimum absolute atomic E-state index is 0.0938. The second-order valence-corrected chi connectivity index (χ2v) is 3.83. The maximum atomic E-state index is 11.4. The van der Waals surface area contributed by atoms with Gasteiger partial charge in [0.25, 0.3) is 0 Å². The quantitative estimate of drug-likeness (QED) is 0.507. The number of unbranched alkanes of at least 4 members (excludes halogenated alkanes) is 1. The van der Waals surface area contributed by atoms with Crippen LogP contribution in [-0.2, 0) is 9.53 Å². The van der Waals surface area contributed by atoms with Crippen LogP contribution in [0.15, 0.2) is 0 Å². The van der Waals surface area contributed by atoms with Gasteiger partial charge in [0, 0.05) is 6.54 Å². The lowest BCUT2D eigenvalue weighted by atomic mass is 10.2. The van der Waals surface area contributed by atoms with Crippen LogP contribution in [0.25, 0.3) is 0 Å². The number of carbonyl (C=O) groups excluding carboxylic acids is 1. The Bertz CT molecular complexity index is 247. The van der Waals surface area contributed by atoms with Crippen LogP contribution in [0.4, 0.5) is 0 Å². The van der Waals surface area contributed by atoms with Crippen LogP contribution >= 0.6 is 0 Å². The molecule has 84 valence electrons. The van der Waals surface area contributed by atoms with Gasteiger partial charge in [-0.05, 0) is 19.3 Å². The van der Waals surface area contributed by atoms with E-state index < -0.39 is 0 Å². The van der Waals surface area contributed by atoms with Crippen molar-refractivity contribution < 1.29 is 9.53 Å². The Kier molecular flexibility index (Phi) is 5.13. The SMILES string of the molecule is CCCCOC(=O)CN1CCCC1C#N. The molecule has 0 radical (unpaired) electrons. The molecule has 0 bridgehead atoms. The summed E-state index contributed by atoms with van der Waals surface area (Å²) < 4.78 is 5.05. The highest BCUT2D eigenvalue weighted by molar-refractivity contribution is 5.71. The van der Waals surface area contributed by atoms with Gasteiger partial charge >= 0.3 is 5.97 Å². The van der Waals surface area contributed by atoms with E-state index in [0.717, 1.165) is 32.2 Å². The molecule has 1 aliphatic heterocycles. The van der Waals surface area contributed by atoms with Gasteiger partial charge in [0.15, 0.2) is 0 Å². The van der Waals surface area contributed by atoms with Crippen molar-refractivity contribution in [3.63, 3.8) is 0 Å². The fourth-order valence-corrected chi connectivity index (χ4v) is 1.70. The third-order valence-corrected chi connectivity index (χ3v) is 2.61. The van der Waals surface area contributed by atoms with Crippen LogP contribution in [0.3, 0.4) is 0 Å². The van der Waals surface area contributed by atoms with E-state index in [4.69, 9.17) is 10.00 Å². The molecule has 0 spiro atoms. The lowest BCUT2D eigenvalue weighted by Crippen LogP contribution is -2.34. The highest BCUT2D eigenvalue weighted by Crippen LogP contribution is 2.15. The fourth-order valence-electron chi connectivity index (χ4n) is 1.70. The molecule has 1 aliphatic rings. The number of nitrogens with zero attached hydrogens (tertiary/aromatic N) is 2. The first-order valence-electron chi connectivity index (χ1n) is 5.57. The Balaban J connectivity index is 2.22. The van der Waals surface area contributed by atoms with E-state index in [-0.39, 0.29) is 18.6 Å². The normalized spacial score (nSPS) is 21.2. The zero-order chi connectivity index (χ0) is 11.1. The highest BCUT2D eigenvalue weighted by Gasteiger charge is 2.26. The maximum Gasteiger partial charge on any atom is 0.320 e. The topological polar surface area (TPSA) is 53.3 Å². The number of likely N-dealkylation sites (tertiary alicyclic amines) is 1. The van der Waals surface area contributed by atoms with E-state index in [1.807, 2.05) is 4.90 Å². The average molecular weight is 210 g/mol. The first kappa shape index (κ1) is 12.0. The summed E-state index contributed by atoms with van der Waals surface area (Å²) >= 11 is 0. The van der Waals surface area contributed by atoms with Crippen molar-refractivity contribution in [3.8, 4) is 6.07 Å². The molecule has 1 fully saturated rings. The predicted octanol–water partition coefficient (Wildman–Crippen LogP) is 1.32. The summed E-state index contributed by atoms with van der Waals surface area (Å²) in [5, 5.41) is 8.82. The molecule has 0 aliphatic carbocycles. The molecule has 0 aromatic carbocycles. The standard InChI is InChI=1S/C11H18N2O2/c1-2-3-7-15-11(14)9-13-6-4-5-10(13)8-12/h10H,2-7,9H2,1H3.